The van der Waals surface area contributed by atoms with Crippen molar-refractivity contribution in [2.45, 2.75) is 25.4 Å². The summed E-state index contributed by atoms with van der Waals surface area (Å²) in [4.78, 5) is 0. The number of hydrogen-bond donors (Lipinski definition) is 2. The summed E-state index contributed by atoms with van der Waals surface area (Å²) >= 11 is 0. The lowest BCUT2D eigenvalue weighted by Crippen LogP contribution is -2.43. The SMILES string of the molecule is CC(F)(CO)[C@H]1CCCNC1. The first-order valence-electron chi connectivity index (χ1n) is 4.17. The van der Waals surface area contributed by atoms with E-state index in [9.17, 15) is 4.39 Å². The molecule has 3 heteroatoms. The van der Waals surface area contributed by atoms with Gasteiger partial charge >= 0.3 is 0 Å². The molecule has 0 spiro atoms. The second-order valence-corrected chi connectivity index (χ2v) is 3.48. The Morgan fingerprint density at radius 3 is 2.91 bits per heavy atom. The highest BCUT2D eigenvalue weighted by Crippen LogP contribution is 2.26. The maximum atomic E-state index is 13.4. The Morgan fingerprint density at radius 2 is 2.45 bits per heavy atom. The van der Waals surface area contributed by atoms with E-state index in [4.69, 9.17) is 5.11 Å². The molecular formula is C8H16FNO. The highest BCUT2D eigenvalue weighted by molar-refractivity contribution is 4.85. The summed E-state index contributed by atoms with van der Waals surface area (Å²) in [6.07, 6.45) is 1.91. The van der Waals surface area contributed by atoms with Crippen LogP contribution < -0.4 is 5.32 Å². The molecule has 0 aromatic rings. The normalized spacial score (nSPS) is 31.4. The van der Waals surface area contributed by atoms with Gasteiger partial charge < -0.3 is 10.4 Å². The van der Waals surface area contributed by atoms with Gasteiger partial charge in [-0.25, -0.2) is 4.39 Å². The van der Waals surface area contributed by atoms with Gasteiger partial charge in [0.15, 0.2) is 0 Å². The van der Waals surface area contributed by atoms with Gasteiger partial charge in [0.2, 0.25) is 0 Å². The highest BCUT2D eigenvalue weighted by Gasteiger charge is 2.34. The van der Waals surface area contributed by atoms with E-state index >= 15 is 0 Å². The molecule has 0 amide bonds. The Morgan fingerprint density at radius 1 is 1.73 bits per heavy atom. The molecule has 1 aliphatic heterocycles. The summed E-state index contributed by atoms with van der Waals surface area (Å²) < 4.78 is 13.4. The van der Waals surface area contributed by atoms with Gasteiger partial charge in [-0.05, 0) is 26.3 Å². The van der Waals surface area contributed by atoms with Crippen LogP contribution >= 0.6 is 0 Å². The van der Waals surface area contributed by atoms with Crippen LogP contribution in [0.4, 0.5) is 4.39 Å². The fraction of sp³-hybridized carbons (Fsp3) is 1.00. The molecule has 0 bridgehead atoms. The van der Waals surface area contributed by atoms with Gasteiger partial charge in [-0.3, -0.25) is 0 Å². The van der Waals surface area contributed by atoms with E-state index in [1.165, 1.54) is 6.92 Å². The van der Waals surface area contributed by atoms with Crippen LogP contribution in [0.3, 0.4) is 0 Å². The minimum absolute atomic E-state index is 0.0127. The molecule has 0 aromatic heterocycles. The van der Waals surface area contributed by atoms with Crippen LogP contribution in [-0.4, -0.2) is 30.5 Å². The van der Waals surface area contributed by atoms with E-state index in [1.54, 1.807) is 0 Å². The third-order valence-electron chi connectivity index (χ3n) is 2.46. The average Bonchev–Trinajstić information content (AvgIpc) is 2.06. The third-order valence-corrected chi connectivity index (χ3v) is 2.46. The molecule has 2 atom stereocenters. The fourth-order valence-electron chi connectivity index (χ4n) is 1.49. The monoisotopic (exact) mass is 161 g/mol. The minimum Gasteiger partial charge on any atom is -0.393 e. The van der Waals surface area contributed by atoms with Crippen molar-refractivity contribution in [3.63, 3.8) is 0 Å². The maximum absolute atomic E-state index is 13.4. The summed E-state index contributed by atoms with van der Waals surface area (Å²) in [7, 11) is 0. The maximum Gasteiger partial charge on any atom is 0.135 e. The first kappa shape index (κ1) is 8.94. The van der Waals surface area contributed by atoms with Crippen LogP contribution in [0.2, 0.25) is 0 Å². The van der Waals surface area contributed by atoms with Gasteiger partial charge in [-0.15, -0.1) is 0 Å². The molecule has 1 unspecified atom stereocenters. The van der Waals surface area contributed by atoms with E-state index in [1.807, 2.05) is 0 Å². The largest absolute Gasteiger partial charge is 0.393 e. The zero-order valence-electron chi connectivity index (χ0n) is 6.94. The van der Waals surface area contributed by atoms with Gasteiger partial charge in [0, 0.05) is 12.5 Å². The highest BCUT2D eigenvalue weighted by atomic mass is 19.1. The molecule has 2 nitrogen and oxygen atoms in total. The Kier molecular flexibility index (Phi) is 2.84. The van der Waals surface area contributed by atoms with Crippen LogP contribution in [0.15, 0.2) is 0 Å². The zero-order valence-corrected chi connectivity index (χ0v) is 6.94. The lowest BCUT2D eigenvalue weighted by molar-refractivity contribution is 0.0215. The summed E-state index contributed by atoms with van der Waals surface area (Å²) in [6.45, 7) is 2.80. The Balaban J connectivity index is 2.43. The van der Waals surface area contributed by atoms with E-state index in [0.717, 1.165) is 19.4 Å². The van der Waals surface area contributed by atoms with E-state index in [-0.39, 0.29) is 12.5 Å². The first-order chi connectivity index (χ1) is 5.17. The molecular weight excluding hydrogens is 145 g/mol. The van der Waals surface area contributed by atoms with E-state index in [2.05, 4.69) is 5.32 Å². The molecule has 1 saturated heterocycles. The van der Waals surface area contributed by atoms with Crippen molar-refractivity contribution in [1.82, 2.24) is 5.32 Å². The number of hydrogen-bond acceptors (Lipinski definition) is 2. The quantitative estimate of drug-likeness (QED) is 0.625. The minimum atomic E-state index is -1.40. The van der Waals surface area contributed by atoms with Gasteiger partial charge in [0.25, 0.3) is 0 Å². The van der Waals surface area contributed by atoms with Crippen molar-refractivity contribution < 1.29 is 9.50 Å². The lowest BCUT2D eigenvalue weighted by Gasteiger charge is -2.32. The number of rotatable bonds is 2. The third kappa shape index (κ3) is 2.14. The van der Waals surface area contributed by atoms with Crippen LogP contribution in [0.25, 0.3) is 0 Å². The topological polar surface area (TPSA) is 32.3 Å². The Labute approximate surface area is 66.8 Å². The molecule has 1 rings (SSSR count). The van der Waals surface area contributed by atoms with Gasteiger partial charge in [0.1, 0.15) is 5.67 Å². The molecule has 0 radical (unpaired) electrons. The molecule has 11 heavy (non-hydrogen) atoms. The molecule has 0 aromatic carbocycles. The molecule has 0 aliphatic carbocycles. The predicted octanol–water partition coefficient (Wildman–Crippen LogP) is 0.706. The van der Waals surface area contributed by atoms with Crippen molar-refractivity contribution in [2.75, 3.05) is 19.7 Å². The summed E-state index contributed by atoms with van der Waals surface area (Å²) in [5, 5.41) is 11.9. The molecule has 1 aliphatic rings. The van der Waals surface area contributed by atoms with Crippen molar-refractivity contribution in [3.8, 4) is 0 Å². The second-order valence-electron chi connectivity index (χ2n) is 3.48. The standard InChI is InChI=1S/C8H16FNO/c1-8(9,6-11)7-3-2-4-10-5-7/h7,10-11H,2-6H2,1H3/t7-,8?/m0/s1. The van der Waals surface area contributed by atoms with Gasteiger partial charge in [-0.1, -0.05) is 0 Å². The van der Waals surface area contributed by atoms with E-state index < -0.39 is 5.67 Å². The Bertz CT molecular complexity index is 121. The van der Waals surface area contributed by atoms with Gasteiger partial charge in [-0.2, -0.15) is 0 Å². The van der Waals surface area contributed by atoms with Crippen molar-refractivity contribution >= 4 is 0 Å². The van der Waals surface area contributed by atoms with Crippen molar-refractivity contribution in [1.29, 1.82) is 0 Å². The molecule has 2 N–H and O–H groups in total. The molecule has 1 fully saturated rings. The van der Waals surface area contributed by atoms with Crippen LogP contribution in [0, 0.1) is 5.92 Å². The fourth-order valence-corrected chi connectivity index (χ4v) is 1.49. The van der Waals surface area contributed by atoms with Crippen LogP contribution in [0.5, 0.6) is 0 Å². The lowest BCUT2D eigenvalue weighted by atomic mass is 9.85. The van der Waals surface area contributed by atoms with Crippen molar-refractivity contribution in [2.24, 2.45) is 5.92 Å². The predicted molar refractivity (Wildman–Crippen MR) is 42.2 cm³/mol. The van der Waals surface area contributed by atoms with Crippen molar-refractivity contribution in [3.05, 3.63) is 0 Å². The Hall–Kier alpha value is -0.150. The van der Waals surface area contributed by atoms with E-state index in [0.29, 0.717) is 6.54 Å². The number of alkyl halides is 1. The average molecular weight is 161 g/mol. The zero-order chi connectivity index (χ0) is 8.32. The number of aliphatic hydroxyl groups excluding tert-OH is 1. The first-order valence-corrected chi connectivity index (χ1v) is 4.17. The summed E-state index contributed by atoms with van der Waals surface area (Å²) in [5.74, 6) is -0.0127. The second kappa shape index (κ2) is 3.50. The van der Waals surface area contributed by atoms with Crippen LogP contribution in [-0.2, 0) is 0 Å². The number of piperidine rings is 1. The molecule has 66 valence electrons. The van der Waals surface area contributed by atoms with Gasteiger partial charge in [0.05, 0.1) is 6.61 Å². The summed E-state index contributed by atoms with van der Waals surface area (Å²) in [6, 6.07) is 0. The smallest absolute Gasteiger partial charge is 0.135 e. The number of halogens is 1. The summed E-state index contributed by atoms with van der Waals surface area (Å²) in [5.41, 5.74) is -1.40. The molecule has 1 heterocycles. The van der Waals surface area contributed by atoms with Crippen LogP contribution in [0.1, 0.15) is 19.8 Å². The molecule has 0 saturated carbocycles. The number of nitrogens with one attached hydrogen (secondary N) is 1. The number of aliphatic hydroxyl groups is 1.